The molecule has 0 aromatic carbocycles. The second kappa shape index (κ2) is 6.44. The first-order valence-electron chi connectivity index (χ1n) is 6.03. The van der Waals surface area contributed by atoms with Crippen LogP contribution in [0.1, 0.15) is 25.3 Å². The first-order valence-corrected chi connectivity index (χ1v) is 6.91. The van der Waals surface area contributed by atoms with Crippen LogP contribution in [-0.2, 0) is 17.9 Å². The van der Waals surface area contributed by atoms with Crippen LogP contribution in [0, 0.1) is 0 Å². The first-order chi connectivity index (χ1) is 9.20. The summed E-state index contributed by atoms with van der Waals surface area (Å²) in [5, 5.41) is 9.54. The van der Waals surface area contributed by atoms with E-state index in [1.807, 2.05) is 18.4 Å². The predicted molar refractivity (Wildman–Crippen MR) is 72.9 cm³/mol. The molecule has 0 aliphatic carbocycles. The van der Waals surface area contributed by atoms with Gasteiger partial charge < -0.3 is 9.84 Å². The summed E-state index contributed by atoms with van der Waals surface area (Å²) in [6.45, 7) is 5.36. The standard InChI is InChI=1S/C12H16N4O2S/c1-3-16(9(2)17)12-15-10(8-19-12)6-13-7-11-4-5-14-18-11/h4-5,8,13H,3,6-7H2,1-2H3. The monoisotopic (exact) mass is 280 g/mol. The predicted octanol–water partition coefficient (Wildman–Crippen LogP) is 1.79. The smallest absolute Gasteiger partial charge is 0.225 e. The Morgan fingerprint density at radius 1 is 1.53 bits per heavy atom. The lowest BCUT2D eigenvalue weighted by Gasteiger charge is -2.14. The van der Waals surface area contributed by atoms with E-state index in [-0.39, 0.29) is 5.91 Å². The summed E-state index contributed by atoms with van der Waals surface area (Å²) < 4.78 is 4.98. The fraction of sp³-hybridized carbons (Fsp3) is 0.417. The highest BCUT2D eigenvalue weighted by molar-refractivity contribution is 7.14. The quantitative estimate of drug-likeness (QED) is 0.873. The van der Waals surface area contributed by atoms with Gasteiger partial charge in [-0.25, -0.2) is 4.98 Å². The third-order valence-corrected chi connectivity index (χ3v) is 3.48. The minimum atomic E-state index is 0.0121. The Bertz CT molecular complexity index is 524. The molecule has 0 aliphatic rings. The van der Waals surface area contributed by atoms with E-state index in [4.69, 9.17) is 4.52 Å². The van der Waals surface area contributed by atoms with E-state index in [0.717, 1.165) is 16.6 Å². The van der Waals surface area contributed by atoms with Crippen LogP contribution in [0.15, 0.2) is 22.2 Å². The Morgan fingerprint density at radius 3 is 3.00 bits per heavy atom. The maximum Gasteiger partial charge on any atom is 0.225 e. The van der Waals surface area contributed by atoms with Gasteiger partial charge in [0.1, 0.15) is 5.76 Å². The number of carbonyl (C=O) groups is 1. The molecule has 0 radical (unpaired) electrons. The van der Waals surface area contributed by atoms with Crippen LogP contribution in [0.3, 0.4) is 0 Å². The fourth-order valence-corrected chi connectivity index (χ4v) is 2.57. The molecule has 0 spiro atoms. The average Bonchev–Trinajstić information content (AvgIpc) is 3.02. The molecule has 2 aromatic heterocycles. The SMILES string of the molecule is CCN(C(C)=O)c1nc(CNCc2ccno2)cs1. The first kappa shape index (κ1) is 13.7. The van der Waals surface area contributed by atoms with Gasteiger partial charge in [-0.1, -0.05) is 5.16 Å². The molecule has 0 saturated heterocycles. The molecule has 2 heterocycles. The molecule has 1 amide bonds. The molecular formula is C12H16N4O2S. The van der Waals surface area contributed by atoms with Crippen LogP contribution in [0.4, 0.5) is 5.13 Å². The molecule has 1 N–H and O–H groups in total. The summed E-state index contributed by atoms with van der Waals surface area (Å²) in [6, 6.07) is 1.81. The van der Waals surface area contributed by atoms with E-state index < -0.39 is 0 Å². The number of rotatable bonds is 6. The number of hydrogen-bond acceptors (Lipinski definition) is 6. The van der Waals surface area contributed by atoms with Gasteiger partial charge in [0.15, 0.2) is 5.13 Å². The molecule has 0 bridgehead atoms. The van der Waals surface area contributed by atoms with Gasteiger partial charge >= 0.3 is 0 Å². The number of anilines is 1. The molecule has 0 unspecified atom stereocenters. The summed E-state index contributed by atoms with van der Waals surface area (Å²) >= 11 is 1.48. The molecule has 0 aliphatic heterocycles. The largest absolute Gasteiger partial charge is 0.360 e. The molecule has 2 rings (SSSR count). The summed E-state index contributed by atoms with van der Waals surface area (Å²) in [5.41, 5.74) is 0.916. The van der Waals surface area contributed by atoms with Crippen LogP contribution in [0.25, 0.3) is 0 Å². The lowest BCUT2D eigenvalue weighted by molar-refractivity contribution is -0.116. The highest BCUT2D eigenvalue weighted by Gasteiger charge is 2.13. The third-order valence-electron chi connectivity index (χ3n) is 2.56. The van der Waals surface area contributed by atoms with E-state index >= 15 is 0 Å². The number of hydrogen-bond donors (Lipinski definition) is 1. The van der Waals surface area contributed by atoms with Gasteiger partial charge in [-0.15, -0.1) is 11.3 Å². The van der Waals surface area contributed by atoms with E-state index in [9.17, 15) is 4.79 Å². The summed E-state index contributed by atoms with van der Waals surface area (Å²) in [6.07, 6.45) is 1.62. The molecular weight excluding hydrogens is 264 g/mol. The van der Waals surface area contributed by atoms with Crippen molar-refractivity contribution in [2.24, 2.45) is 0 Å². The van der Waals surface area contributed by atoms with Crippen molar-refractivity contribution in [2.45, 2.75) is 26.9 Å². The highest BCUT2D eigenvalue weighted by Crippen LogP contribution is 2.20. The van der Waals surface area contributed by atoms with Crippen molar-refractivity contribution in [3.8, 4) is 0 Å². The van der Waals surface area contributed by atoms with Gasteiger partial charge in [-0.2, -0.15) is 0 Å². The van der Waals surface area contributed by atoms with Crippen molar-refractivity contribution in [3.05, 3.63) is 29.1 Å². The molecule has 0 fully saturated rings. The second-order valence-electron chi connectivity index (χ2n) is 3.97. The lowest BCUT2D eigenvalue weighted by atomic mass is 10.4. The number of nitrogens with one attached hydrogen (secondary N) is 1. The maximum atomic E-state index is 11.4. The fourth-order valence-electron chi connectivity index (χ4n) is 1.64. The molecule has 102 valence electrons. The molecule has 7 heteroatoms. The van der Waals surface area contributed by atoms with E-state index in [1.54, 1.807) is 18.0 Å². The summed E-state index contributed by atoms with van der Waals surface area (Å²) in [7, 11) is 0. The maximum absolute atomic E-state index is 11.4. The van der Waals surface area contributed by atoms with Gasteiger partial charge in [-0.05, 0) is 6.92 Å². The van der Waals surface area contributed by atoms with Crippen molar-refractivity contribution < 1.29 is 9.32 Å². The number of carbonyl (C=O) groups excluding carboxylic acids is 1. The van der Waals surface area contributed by atoms with Gasteiger partial charge in [0.05, 0.1) is 18.4 Å². The van der Waals surface area contributed by atoms with Crippen LogP contribution in [-0.4, -0.2) is 22.6 Å². The van der Waals surface area contributed by atoms with Gasteiger partial charge in [0.25, 0.3) is 0 Å². The van der Waals surface area contributed by atoms with Gasteiger partial charge in [-0.3, -0.25) is 9.69 Å². The molecule has 2 aromatic rings. The van der Waals surface area contributed by atoms with Gasteiger partial charge in [0.2, 0.25) is 5.91 Å². The summed E-state index contributed by atoms with van der Waals surface area (Å²) in [5.74, 6) is 0.799. The molecule has 19 heavy (non-hydrogen) atoms. The number of aromatic nitrogens is 2. The zero-order valence-corrected chi connectivity index (χ0v) is 11.7. The Kier molecular flexibility index (Phi) is 4.64. The minimum absolute atomic E-state index is 0.0121. The number of amides is 1. The van der Waals surface area contributed by atoms with Crippen LogP contribution in [0.5, 0.6) is 0 Å². The third kappa shape index (κ3) is 3.62. The van der Waals surface area contributed by atoms with Crippen molar-refractivity contribution in [2.75, 3.05) is 11.4 Å². The Morgan fingerprint density at radius 2 is 2.37 bits per heavy atom. The van der Waals surface area contributed by atoms with Crippen molar-refractivity contribution in [3.63, 3.8) is 0 Å². The average molecular weight is 280 g/mol. The van der Waals surface area contributed by atoms with Crippen LogP contribution >= 0.6 is 11.3 Å². The Labute approximate surface area is 115 Å². The lowest BCUT2D eigenvalue weighted by Crippen LogP contribution is -2.27. The second-order valence-corrected chi connectivity index (χ2v) is 4.80. The normalized spacial score (nSPS) is 10.6. The van der Waals surface area contributed by atoms with E-state index in [2.05, 4.69) is 15.5 Å². The van der Waals surface area contributed by atoms with Gasteiger partial charge in [0, 0.05) is 31.5 Å². The zero-order chi connectivity index (χ0) is 13.7. The van der Waals surface area contributed by atoms with E-state index in [1.165, 1.54) is 11.3 Å². The van der Waals surface area contributed by atoms with Crippen molar-refractivity contribution in [1.29, 1.82) is 0 Å². The molecule has 0 saturated carbocycles. The zero-order valence-electron chi connectivity index (χ0n) is 10.9. The summed E-state index contributed by atoms with van der Waals surface area (Å²) in [4.78, 5) is 17.5. The van der Waals surface area contributed by atoms with E-state index in [0.29, 0.717) is 19.6 Å². The van der Waals surface area contributed by atoms with Crippen LogP contribution in [0.2, 0.25) is 0 Å². The van der Waals surface area contributed by atoms with Crippen LogP contribution < -0.4 is 10.2 Å². The topological polar surface area (TPSA) is 71.3 Å². The number of thiazole rings is 1. The van der Waals surface area contributed by atoms with Crippen molar-refractivity contribution in [1.82, 2.24) is 15.5 Å². The Balaban J connectivity index is 1.88. The van der Waals surface area contributed by atoms with Crippen molar-refractivity contribution >= 4 is 22.4 Å². The number of nitrogens with zero attached hydrogens (tertiary/aromatic N) is 3. The minimum Gasteiger partial charge on any atom is -0.360 e. The molecule has 0 atom stereocenters. The Hall–Kier alpha value is -1.73. The molecule has 6 nitrogen and oxygen atoms in total. The highest BCUT2D eigenvalue weighted by atomic mass is 32.1.